The summed E-state index contributed by atoms with van der Waals surface area (Å²) in [6.07, 6.45) is 4.73. The van der Waals surface area contributed by atoms with Crippen molar-refractivity contribution in [1.29, 1.82) is 0 Å². The van der Waals surface area contributed by atoms with Gasteiger partial charge in [0.25, 0.3) is 0 Å². The van der Waals surface area contributed by atoms with Crippen LogP contribution in [0.5, 0.6) is 11.5 Å². The summed E-state index contributed by atoms with van der Waals surface area (Å²) in [5, 5.41) is 4.19. The number of aryl methyl sites for hydroxylation is 1. The van der Waals surface area contributed by atoms with E-state index < -0.39 is 0 Å². The molecule has 19 heavy (non-hydrogen) atoms. The van der Waals surface area contributed by atoms with Gasteiger partial charge in [-0.15, -0.1) is 11.8 Å². The third-order valence-electron chi connectivity index (χ3n) is 2.87. The number of benzene rings is 1. The van der Waals surface area contributed by atoms with Gasteiger partial charge in [0.2, 0.25) is 0 Å². The summed E-state index contributed by atoms with van der Waals surface area (Å²) in [6, 6.07) is 8.09. The molecule has 0 N–H and O–H groups in total. The fraction of sp³-hybridized carbons (Fsp3) is 0.357. The fourth-order valence-corrected chi connectivity index (χ4v) is 2.79. The van der Waals surface area contributed by atoms with Gasteiger partial charge < -0.3 is 9.47 Å². The zero-order valence-electron chi connectivity index (χ0n) is 10.6. The van der Waals surface area contributed by atoms with E-state index in [1.807, 2.05) is 23.0 Å². The molecule has 0 atom stereocenters. The molecule has 3 rings (SSSR count). The van der Waals surface area contributed by atoms with Crippen molar-refractivity contribution in [2.45, 2.75) is 17.9 Å². The highest BCUT2D eigenvalue weighted by molar-refractivity contribution is 7.99. The maximum Gasteiger partial charge on any atom is 0.162 e. The maximum atomic E-state index is 5.69. The summed E-state index contributed by atoms with van der Waals surface area (Å²) in [5.41, 5.74) is 0. The molecule has 1 aliphatic heterocycles. The first-order valence-electron chi connectivity index (χ1n) is 6.42. The minimum Gasteiger partial charge on any atom is -0.490 e. The van der Waals surface area contributed by atoms with Crippen LogP contribution in [0.4, 0.5) is 0 Å². The molecule has 1 aliphatic rings. The second-order valence-electron chi connectivity index (χ2n) is 4.28. The second-order valence-corrected chi connectivity index (χ2v) is 5.44. The van der Waals surface area contributed by atoms with Gasteiger partial charge in [-0.05, 0) is 24.3 Å². The number of hydrogen-bond donors (Lipinski definition) is 0. The van der Waals surface area contributed by atoms with Gasteiger partial charge in [-0.1, -0.05) is 0 Å². The summed E-state index contributed by atoms with van der Waals surface area (Å²) < 4.78 is 13.2. The molecule has 0 saturated heterocycles. The highest BCUT2D eigenvalue weighted by Crippen LogP contribution is 2.33. The summed E-state index contributed by atoms with van der Waals surface area (Å²) >= 11 is 1.80. The Morgan fingerprint density at radius 1 is 1.21 bits per heavy atom. The van der Waals surface area contributed by atoms with Crippen LogP contribution in [0.25, 0.3) is 0 Å². The lowest BCUT2D eigenvalue weighted by molar-refractivity contribution is 0.297. The van der Waals surface area contributed by atoms with Gasteiger partial charge in [0.15, 0.2) is 11.5 Å². The smallest absolute Gasteiger partial charge is 0.162 e. The molecule has 1 aromatic heterocycles. The Morgan fingerprint density at radius 3 is 2.95 bits per heavy atom. The van der Waals surface area contributed by atoms with E-state index in [9.17, 15) is 0 Å². The topological polar surface area (TPSA) is 36.3 Å². The Labute approximate surface area is 116 Å². The molecule has 1 aromatic carbocycles. The van der Waals surface area contributed by atoms with E-state index in [4.69, 9.17) is 9.47 Å². The molecular formula is C14H16N2O2S. The van der Waals surface area contributed by atoms with E-state index in [-0.39, 0.29) is 0 Å². The van der Waals surface area contributed by atoms with Crippen molar-refractivity contribution in [3.8, 4) is 11.5 Å². The number of rotatable bonds is 4. The molecule has 0 fully saturated rings. The monoisotopic (exact) mass is 276 g/mol. The van der Waals surface area contributed by atoms with Crippen LogP contribution in [-0.2, 0) is 6.54 Å². The first-order chi connectivity index (χ1) is 9.42. The molecule has 2 heterocycles. The Hall–Kier alpha value is -1.62. The van der Waals surface area contributed by atoms with Gasteiger partial charge >= 0.3 is 0 Å². The summed E-state index contributed by atoms with van der Waals surface area (Å²) in [7, 11) is 0. The van der Waals surface area contributed by atoms with Crippen LogP contribution in [0.3, 0.4) is 0 Å². The van der Waals surface area contributed by atoms with Crippen molar-refractivity contribution in [3.05, 3.63) is 36.7 Å². The standard InChI is InChI=1S/C14H16N2O2S/c1-5-15-16(6-1)7-10-19-12-3-4-13-14(11-12)18-9-2-8-17-13/h1,3-6,11H,2,7-10H2. The van der Waals surface area contributed by atoms with Gasteiger partial charge in [-0.2, -0.15) is 5.10 Å². The minimum absolute atomic E-state index is 0.731. The highest BCUT2D eigenvalue weighted by atomic mass is 32.2. The Kier molecular flexibility index (Phi) is 3.93. The average Bonchev–Trinajstić information content (AvgIpc) is 2.83. The average molecular weight is 276 g/mol. The Balaban J connectivity index is 1.60. The highest BCUT2D eigenvalue weighted by Gasteiger charge is 2.10. The zero-order chi connectivity index (χ0) is 12.9. The molecule has 0 spiro atoms. The van der Waals surface area contributed by atoms with Crippen molar-refractivity contribution in [1.82, 2.24) is 9.78 Å². The molecular weight excluding hydrogens is 260 g/mol. The van der Waals surface area contributed by atoms with Gasteiger partial charge in [-0.3, -0.25) is 4.68 Å². The van der Waals surface area contributed by atoms with E-state index in [0.29, 0.717) is 0 Å². The molecule has 0 radical (unpaired) electrons. The van der Waals surface area contributed by atoms with E-state index >= 15 is 0 Å². The largest absolute Gasteiger partial charge is 0.490 e. The first kappa shape index (κ1) is 12.4. The molecule has 100 valence electrons. The van der Waals surface area contributed by atoms with Gasteiger partial charge in [0.1, 0.15) is 0 Å². The summed E-state index contributed by atoms with van der Waals surface area (Å²) in [4.78, 5) is 1.21. The lowest BCUT2D eigenvalue weighted by Gasteiger charge is -2.09. The number of ether oxygens (including phenoxy) is 2. The van der Waals surface area contributed by atoms with Crippen LogP contribution in [0.2, 0.25) is 0 Å². The van der Waals surface area contributed by atoms with Crippen LogP contribution in [0.1, 0.15) is 6.42 Å². The van der Waals surface area contributed by atoms with Crippen molar-refractivity contribution in [3.63, 3.8) is 0 Å². The second kappa shape index (κ2) is 6.02. The van der Waals surface area contributed by atoms with Crippen LogP contribution < -0.4 is 9.47 Å². The van der Waals surface area contributed by atoms with Crippen molar-refractivity contribution in [2.75, 3.05) is 19.0 Å². The molecule has 4 nitrogen and oxygen atoms in total. The lowest BCUT2D eigenvalue weighted by Crippen LogP contribution is -2.00. The van der Waals surface area contributed by atoms with E-state index in [1.54, 1.807) is 18.0 Å². The van der Waals surface area contributed by atoms with E-state index in [1.165, 1.54) is 4.90 Å². The first-order valence-corrected chi connectivity index (χ1v) is 7.40. The predicted octanol–water partition coefficient (Wildman–Crippen LogP) is 2.84. The lowest BCUT2D eigenvalue weighted by atomic mass is 10.3. The van der Waals surface area contributed by atoms with Crippen molar-refractivity contribution in [2.24, 2.45) is 0 Å². The number of fused-ring (bicyclic) bond motifs is 1. The molecule has 2 aromatic rings. The summed E-state index contributed by atoms with van der Waals surface area (Å²) in [6.45, 7) is 2.37. The number of hydrogen-bond acceptors (Lipinski definition) is 4. The minimum atomic E-state index is 0.731. The Bertz CT molecular complexity index is 528. The van der Waals surface area contributed by atoms with Crippen LogP contribution in [0.15, 0.2) is 41.6 Å². The molecule has 0 saturated carbocycles. The van der Waals surface area contributed by atoms with Gasteiger partial charge in [0.05, 0.1) is 19.8 Å². The SMILES string of the molecule is c1cnn(CCSc2ccc3c(c2)OCCCO3)c1. The number of aromatic nitrogens is 2. The normalized spacial score (nSPS) is 14.1. The quantitative estimate of drug-likeness (QED) is 0.805. The van der Waals surface area contributed by atoms with Crippen LogP contribution in [-0.4, -0.2) is 28.7 Å². The predicted molar refractivity (Wildman–Crippen MR) is 75.0 cm³/mol. The fourth-order valence-electron chi connectivity index (χ4n) is 1.92. The van der Waals surface area contributed by atoms with Gasteiger partial charge in [-0.25, -0.2) is 0 Å². The van der Waals surface area contributed by atoms with Crippen molar-refractivity contribution >= 4 is 11.8 Å². The molecule has 0 unspecified atom stereocenters. The Morgan fingerprint density at radius 2 is 2.11 bits per heavy atom. The van der Waals surface area contributed by atoms with Crippen LogP contribution in [0, 0.1) is 0 Å². The maximum absolute atomic E-state index is 5.69. The molecule has 0 amide bonds. The zero-order valence-corrected chi connectivity index (χ0v) is 11.4. The van der Waals surface area contributed by atoms with Crippen LogP contribution >= 0.6 is 11.8 Å². The van der Waals surface area contributed by atoms with Gasteiger partial charge in [0, 0.05) is 29.5 Å². The summed E-state index contributed by atoms with van der Waals surface area (Å²) in [5.74, 6) is 2.71. The third kappa shape index (κ3) is 3.23. The third-order valence-corrected chi connectivity index (χ3v) is 3.84. The molecule has 0 bridgehead atoms. The number of nitrogens with zero attached hydrogens (tertiary/aromatic N) is 2. The van der Waals surface area contributed by atoms with E-state index in [2.05, 4.69) is 17.2 Å². The van der Waals surface area contributed by atoms with E-state index in [0.717, 1.165) is 43.4 Å². The van der Waals surface area contributed by atoms with Crippen molar-refractivity contribution < 1.29 is 9.47 Å². The molecule has 5 heteroatoms. The number of thioether (sulfide) groups is 1. The molecule has 0 aliphatic carbocycles.